The third-order valence-corrected chi connectivity index (χ3v) is 7.83. The van der Waals surface area contributed by atoms with Crippen molar-refractivity contribution in [1.29, 1.82) is 0 Å². The van der Waals surface area contributed by atoms with Gasteiger partial charge in [0.05, 0.1) is 17.4 Å². The van der Waals surface area contributed by atoms with Crippen molar-refractivity contribution in [2.75, 3.05) is 5.32 Å². The molecular formula is C25H27N3O. The number of fused-ring (bicyclic) bond motifs is 2. The first kappa shape index (κ1) is 17.3. The Kier molecular flexibility index (Phi) is 3.84. The maximum Gasteiger partial charge on any atom is 0.255 e. The van der Waals surface area contributed by atoms with Crippen molar-refractivity contribution < 1.29 is 4.79 Å². The number of anilines is 1. The van der Waals surface area contributed by atoms with Crippen LogP contribution < -0.4 is 5.32 Å². The monoisotopic (exact) mass is 385 g/mol. The summed E-state index contributed by atoms with van der Waals surface area (Å²) in [5.41, 5.74) is 5.13. The smallest absolute Gasteiger partial charge is 0.255 e. The van der Waals surface area contributed by atoms with Gasteiger partial charge in [-0.25, -0.2) is 4.98 Å². The van der Waals surface area contributed by atoms with E-state index in [-0.39, 0.29) is 5.91 Å². The van der Waals surface area contributed by atoms with Gasteiger partial charge in [-0.05, 0) is 104 Å². The molecular weight excluding hydrogens is 358 g/mol. The summed E-state index contributed by atoms with van der Waals surface area (Å²) in [6, 6.07) is 14.3. The van der Waals surface area contributed by atoms with Crippen LogP contribution in [0.15, 0.2) is 48.8 Å². The van der Waals surface area contributed by atoms with E-state index in [0.717, 1.165) is 34.5 Å². The van der Waals surface area contributed by atoms with Crippen LogP contribution in [0.5, 0.6) is 0 Å². The Morgan fingerprint density at radius 1 is 1.00 bits per heavy atom. The largest absolute Gasteiger partial charge is 0.345 e. The molecule has 4 heteroatoms. The van der Waals surface area contributed by atoms with Gasteiger partial charge in [0.1, 0.15) is 0 Å². The molecule has 29 heavy (non-hydrogen) atoms. The molecule has 4 bridgehead atoms. The third kappa shape index (κ3) is 2.97. The fraction of sp³-hybridized carbons (Fsp3) is 0.440. The molecule has 1 amide bonds. The molecule has 0 saturated heterocycles. The number of carbonyl (C=O) groups is 1. The van der Waals surface area contributed by atoms with E-state index in [1.807, 2.05) is 18.2 Å². The van der Waals surface area contributed by atoms with Gasteiger partial charge in [-0.3, -0.25) is 4.79 Å². The molecule has 7 rings (SSSR count). The molecule has 2 aromatic carbocycles. The van der Waals surface area contributed by atoms with Crippen LogP contribution in [0, 0.1) is 17.8 Å². The van der Waals surface area contributed by atoms with Crippen molar-refractivity contribution in [3.8, 4) is 0 Å². The predicted octanol–water partition coefficient (Wildman–Crippen LogP) is 5.67. The van der Waals surface area contributed by atoms with Crippen LogP contribution in [0.25, 0.3) is 11.0 Å². The number of aromatic nitrogens is 2. The van der Waals surface area contributed by atoms with E-state index < -0.39 is 0 Å². The van der Waals surface area contributed by atoms with Gasteiger partial charge in [0.15, 0.2) is 0 Å². The number of amides is 1. The number of nitrogens with one attached hydrogen (secondary N) is 2. The van der Waals surface area contributed by atoms with Crippen molar-refractivity contribution in [2.45, 2.75) is 50.4 Å². The van der Waals surface area contributed by atoms with Gasteiger partial charge >= 0.3 is 0 Å². The average molecular weight is 386 g/mol. The summed E-state index contributed by atoms with van der Waals surface area (Å²) in [6.45, 7) is 0. The van der Waals surface area contributed by atoms with E-state index in [4.69, 9.17) is 0 Å². The van der Waals surface area contributed by atoms with E-state index in [2.05, 4.69) is 39.6 Å². The van der Waals surface area contributed by atoms with Crippen molar-refractivity contribution in [2.24, 2.45) is 17.8 Å². The number of carbonyl (C=O) groups excluding carboxylic acids is 1. The molecule has 4 nitrogen and oxygen atoms in total. The topological polar surface area (TPSA) is 57.8 Å². The Morgan fingerprint density at radius 2 is 1.76 bits per heavy atom. The Morgan fingerprint density at radius 3 is 2.55 bits per heavy atom. The van der Waals surface area contributed by atoms with Gasteiger partial charge in [0.25, 0.3) is 5.91 Å². The van der Waals surface area contributed by atoms with Gasteiger partial charge in [-0.2, -0.15) is 0 Å². The lowest BCUT2D eigenvalue weighted by atomic mass is 9.59. The summed E-state index contributed by atoms with van der Waals surface area (Å²) >= 11 is 0. The highest BCUT2D eigenvalue weighted by molar-refractivity contribution is 6.05. The number of aromatic amines is 1. The van der Waals surface area contributed by atoms with Crippen molar-refractivity contribution in [3.63, 3.8) is 0 Å². The predicted molar refractivity (Wildman–Crippen MR) is 115 cm³/mol. The lowest BCUT2D eigenvalue weighted by Crippen LogP contribution is -2.37. The summed E-state index contributed by atoms with van der Waals surface area (Å²) in [4.78, 5) is 20.0. The van der Waals surface area contributed by atoms with Crippen molar-refractivity contribution >= 4 is 22.6 Å². The second-order valence-corrected chi connectivity index (χ2v) is 9.70. The van der Waals surface area contributed by atoms with Crippen LogP contribution in [0.3, 0.4) is 0 Å². The minimum atomic E-state index is -0.0829. The molecule has 0 aliphatic heterocycles. The van der Waals surface area contributed by atoms with Gasteiger partial charge in [-0.15, -0.1) is 0 Å². The number of H-pyrrole nitrogens is 1. The first-order valence-electron chi connectivity index (χ1n) is 11.0. The molecule has 4 aliphatic carbocycles. The van der Waals surface area contributed by atoms with E-state index >= 15 is 0 Å². The molecule has 0 spiro atoms. The highest BCUT2D eigenvalue weighted by atomic mass is 16.1. The van der Waals surface area contributed by atoms with Gasteiger partial charge < -0.3 is 10.3 Å². The van der Waals surface area contributed by atoms with Crippen LogP contribution in [-0.4, -0.2) is 15.9 Å². The number of hydrogen-bond donors (Lipinski definition) is 2. The minimum absolute atomic E-state index is 0.0829. The molecule has 2 atom stereocenters. The van der Waals surface area contributed by atoms with Crippen molar-refractivity contribution in [1.82, 2.24) is 9.97 Å². The molecule has 2 unspecified atom stereocenters. The molecule has 4 saturated carbocycles. The summed E-state index contributed by atoms with van der Waals surface area (Å²) in [5.74, 6) is 2.77. The molecule has 1 aromatic heterocycles. The molecule has 4 fully saturated rings. The zero-order valence-electron chi connectivity index (χ0n) is 16.7. The standard InChI is InChI=1S/C25H27N3O/c29-24(19-1-6-22-23(12-19)27-15-26-22)28-21-4-2-20(3-5-21)25-8-7-16-9-17(13-25)11-18(10-16)14-25/h1-6,12,15-18H,7-11,13-14H2,(H,26,27)(H,28,29). The maximum atomic E-state index is 12.7. The first-order chi connectivity index (χ1) is 14.2. The highest BCUT2D eigenvalue weighted by Gasteiger charge is 2.48. The van der Waals surface area contributed by atoms with Crippen molar-refractivity contribution in [3.05, 3.63) is 59.9 Å². The summed E-state index contributed by atoms with van der Waals surface area (Å²) in [6.07, 6.45) is 11.5. The molecule has 148 valence electrons. The minimum Gasteiger partial charge on any atom is -0.345 e. The van der Waals surface area contributed by atoms with E-state index in [1.165, 1.54) is 50.5 Å². The van der Waals surface area contributed by atoms with Gasteiger partial charge in [0.2, 0.25) is 0 Å². The second kappa shape index (κ2) is 6.45. The second-order valence-electron chi connectivity index (χ2n) is 9.70. The number of imidazole rings is 1. The van der Waals surface area contributed by atoms with E-state index in [0.29, 0.717) is 11.0 Å². The van der Waals surface area contributed by atoms with Gasteiger partial charge in [0, 0.05) is 11.3 Å². The SMILES string of the molecule is O=C(Nc1ccc(C23CCC4CC(CC(C4)C2)C3)cc1)c1ccc2nc[nH]c2c1. The normalized spacial score (nSPS) is 30.4. The van der Waals surface area contributed by atoms with Crippen LogP contribution >= 0.6 is 0 Å². The molecule has 4 aliphatic rings. The molecule has 0 radical (unpaired) electrons. The summed E-state index contributed by atoms with van der Waals surface area (Å²) in [5, 5.41) is 3.05. The number of benzene rings is 2. The first-order valence-corrected chi connectivity index (χ1v) is 11.0. The van der Waals surface area contributed by atoms with E-state index in [1.54, 1.807) is 6.33 Å². The lowest BCUT2D eigenvalue weighted by Gasteiger charge is -2.45. The zero-order chi connectivity index (χ0) is 19.4. The van der Waals surface area contributed by atoms with Crippen LogP contribution in [0.1, 0.15) is 60.9 Å². The number of hydrogen-bond acceptors (Lipinski definition) is 2. The van der Waals surface area contributed by atoms with E-state index in [9.17, 15) is 4.79 Å². The highest BCUT2D eigenvalue weighted by Crippen LogP contribution is 2.57. The maximum absolute atomic E-state index is 12.7. The quantitative estimate of drug-likeness (QED) is 0.610. The van der Waals surface area contributed by atoms with Crippen LogP contribution in [0.2, 0.25) is 0 Å². The summed E-state index contributed by atoms with van der Waals surface area (Å²) in [7, 11) is 0. The summed E-state index contributed by atoms with van der Waals surface area (Å²) < 4.78 is 0. The third-order valence-electron chi connectivity index (χ3n) is 7.83. The van der Waals surface area contributed by atoms with Gasteiger partial charge in [-0.1, -0.05) is 12.1 Å². The number of rotatable bonds is 3. The Bertz CT molecular complexity index is 1050. The fourth-order valence-electron chi connectivity index (χ4n) is 6.71. The van der Waals surface area contributed by atoms with Crippen LogP contribution in [0.4, 0.5) is 5.69 Å². The molecule has 1 heterocycles. The molecule has 2 N–H and O–H groups in total. The van der Waals surface area contributed by atoms with Crippen LogP contribution in [-0.2, 0) is 5.41 Å². The average Bonchev–Trinajstić information content (AvgIpc) is 3.10. The Hall–Kier alpha value is -2.62. The Balaban J connectivity index is 1.22. The lowest BCUT2D eigenvalue weighted by molar-refractivity contribution is 0.102. The fourth-order valence-corrected chi connectivity index (χ4v) is 6.71. The molecule has 3 aromatic rings. The zero-order valence-corrected chi connectivity index (χ0v) is 16.7. The Labute approximate surface area is 171 Å². The number of nitrogens with zero attached hydrogens (tertiary/aromatic N) is 1.